The lowest BCUT2D eigenvalue weighted by molar-refractivity contribution is -0.128. The van der Waals surface area contributed by atoms with E-state index in [1.165, 1.54) is 0 Å². The molecule has 0 radical (unpaired) electrons. The highest BCUT2D eigenvalue weighted by Gasteiger charge is 2.18. The van der Waals surface area contributed by atoms with Crippen LogP contribution in [0.1, 0.15) is 0 Å². The Bertz CT molecular complexity index is 650. The van der Waals surface area contributed by atoms with Gasteiger partial charge in [-0.1, -0.05) is 30.8 Å². The summed E-state index contributed by atoms with van der Waals surface area (Å²) in [5.41, 5.74) is 0. The van der Waals surface area contributed by atoms with Gasteiger partial charge in [0.15, 0.2) is 5.75 Å². The molecule has 2 aromatic carbocycles. The van der Waals surface area contributed by atoms with E-state index in [0.717, 1.165) is 6.08 Å². The van der Waals surface area contributed by atoms with E-state index < -0.39 is 5.97 Å². The maximum atomic E-state index is 11.3. The summed E-state index contributed by atoms with van der Waals surface area (Å²) in [6.07, 6.45) is 1.09. The summed E-state index contributed by atoms with van der Waals surface area (Å²) in [5, 5.41) is 11.3. The van der Waals surface area contributed by atoms with Crippen molar-refractivity contribution in [3.63, 3.8) is 0 Å². The summed E-state index contributed by atoms with van der Waals surface area (Å²) in [6.45, 7) is 3.36. The average Bonchev–Trinajstić information content (AvgIpc) is 2.40. The number of fused-ring (bicyclic) bond motifs is 1. The molecule has 0 aliphatic carbocycles. The van der Waals surface area contributed by atoms with Crippen LogP contribution in [0.15, 0.2) is 45.9 Å². The van der Waals surface area contributed by atoms with Gasteiger partial charge in [0.1, 0.15) is 5.75 Å². The maximum Gasteiger partial charge on any atom is 0.335 e. The van der Waals surface area contributed by atoms with Crippen molar-refractivity contribution in [2.24, 2.45) is 0 Å². The minimum absolute atomic E-state index is 0.0934. The van der Waals surface area contributed by atoms with Crippen molar-refractivity contribution in [1.29, 1.82) is 0 Å². The Morgan fingerprint density at radius 2 is 1.83 bits per heavy atom. The average molecular weight is 372 g/mol. The van der Waals surface area contributed by atoms with E-state index in [0.29, 0.717) is 25.5 Å². The van der Waals surface area contributed by atoms with Gasteiger partial charge in [-0.15, -0.1) is 0 Å². The van der Waals surface area contributed by atoms with Gasteiger partial charge in [0.2, 0.25) is 0 Å². The van der Waals surface area contributed by atoms with E-state index in [2.05, 4.69) is 38.4 Å². The normalized spacial score (nSPS) is 10.3. The van der Waals surface area contributed by atoms with Crippen LogP contribution in [0.5, 0.6) is 11.5 Å². The van der Waals surface area contributed by atoms with Crippen LogP contribution < -0.4 is 4.74 Å². The Kier molecular flexibility index (Phi) is 3.73. The lowest BCUT2D eigenvalue weighted by Gasteiger charge is -2.12. The lowest BCUT2D eigenvalue weighted by atomic mass is 10.1. The Hall–Kier alpha value is -1.33. The van der Waals surface area contributed by atoms with Crippen LogP contribution in [0.4, 0.5) is 0 Å². The molecule has 5 heteroatoms. The van der Waals surface area contributed by atoms with Crippen LogP contribution >= 0.6 is 31.9 Å². The van der Waals surface area contributed by atoms with Crippen molar-refractivity contribution in [2.75, 3.05) is 0 Å². The molecule has 0 bridgehead atoms. The topological polar surface area (TPSA) is 46.5 Å². The van der Waals surface area contributed by atoms with Gasteiger partial charge in [-0.3, -0.25) is 0 Å². The third-order valence-electron chi connectivity index (χ3n) is 2.40. The molecule has 0 saturated carbocycles. The predicted octanol–water partition coefficient (Wildman–Crippen LogP) is 4.16. The van der Waals surface area contributed by atoms with Gasteiger partial charge in [-0.25, -0.2) is 4.79 Å². The summed E-state index contributed by atoms with van der Waals surface area (Å²) < 4.78 is 6.12. The van der Waals surface area contributed by atoms with E-state index in [1.54, 1.807) is 24.3 Å². The van der Waals surface area contributed by atoms with E-state index in [4.69, 9.17) is 4.74 Å². The Morgan fingerprint density at radius 1 is 1.22 bits per heavy atom. The summed E-state index contributed by atoms with van der Waals surface area (Å²) in [6, 6.07) is 7.10. The maximum absolute atomic E-state index is 11.3. The molecule has 2 aromatic rings. The second-order valence-corrected chi connectivity index (χ2v) is 5.06. The van der Waals surface area contributed by atoms with Crippen molar-refractivity contribution in [3.8, 4) is 11.5 Å². The fraction of sp³-hybridized carbons (Fsp3) is 0. The number of rotatable bonds is 2. The molecule has 3 nitrogen and oxygen atoms in total. The Balaban J connectivity index is 2.78. The van der Waals surface area contributed by atoms with E-state index in [9.17, 15) is 9.90 Å². The molecule has 0 aliphatic rings. The Labute approximate surface area is 120 Å². The van der Waals surface area contributed by atoms with Crippen LogP contribution in [0.25, 0.3) is 10.8 Å². The van der Waals surface area contributed by atoms with Crippen molar-refractivity contribution in [1.82, 2.24) is 0 Å². The standard InChI is InChI=1S/C13H8Br2O3/c1-2-9(16)18-13-8-6-4-3-5-7(8)12(17)10(14)11(13)15/h2-6,17H,1H2. The van der Waals surface area contributed by atoms with E-state index in [-0.39, 0.29) is 5.75 Å². The molecule has 2 rings (SSSR count). The van der Waals surface area contributed by atoms with Gasteiger partial charge in [-0.2, -0.15) is 0 Å². The van der Waals surface area contributed by atoms with Crippen molar-refractivity contribution < 1.29 is 14.6 Å². The molecule has 0 atom stereocenters. The molecule has 18 heavy (non-hydrogen) atoms. The number of ether oxygens (including phenoxy) is 1. The van der Waals surface area contributed by atoms with Crippen molar-refractivity contribution in [3.05, 3.63) is 45.9 Å². The van der Waals surface area contributed by atoms with E-state index in [1.807, 2.05) is 0 Å². The minimum Gasteiger partial charge on any atom is -0.506 e. The predicted molar refractivity (Wildman–Crippen MR) is 76.8 cm³/mol. The number of hydrogen-bond acceptors (Lipinski definition) is 3. The molecule has 0 heterocycles. The van der Waals surface area contributed by atoms with Gasteiger partial charge in [0.25, 0.3) is 0 Å². The number of phenols is 1. The van der Waals surface area contributed by atoms with Crippen molar-refractivity contribution >= 4 is 48.6 Å². The van der Waals surface area contributed by atoms with Gasteiger partial charge >= 0.3 is 5.97 Å². The van der Waals surface area contributed by atoms with Crippen LogP contribution in [-0.4, -0.2) is 11.1 Å². The van der Waals surface area contributed by atoms with Crippen molar-refractivity contribution in [2.45, 2.75) is 0 Å². The number of hydrogen-bond donors (Lipinski definition) is 1. The molecule has 92 valence electrons. The molecule has 0 fully saturated rings. The summed E-state index contributed by atoms with van der Waals surface area (Å²) in [7, 11) is 0. The number of halogens is 2. The summed E-state index contributed by atoms with van der Waals surface area (Å²) >= 11 is 6.54. The smallest absolute Gasteiger partial charge is 0.335 e. The number of carbonyl (C=O) groups is 1. The zero-order valence-electron chi connectivity index (χ0n) is 9.11. The van der Waals surface area contributed by atoms with Gasteiger partial charge in [0, 0.05) is 16.8 Å². The highest BCUT2D eigenvalue weighted by atomic mass is 79.9. The number of carbonyl (C=O) groups excluding carboxylic acids is 1. The fourth-order valence-electron chi connectivity index (χ4n) is 1.57. The quantitative estimate of drug-likeness (QED) is 0.489. The fourth-order valence-corrected chi connectivity index (χ4v) is 2.45. The van der Waals surface area contributed by atoms with Gasteiger partial charge < -0.3 is 9.84 Å². The van der Waals surface area contributed by atoms with E-state index >= 15 is 0 Å². The first-order chi connectivity index (χ1) is 8.56. The largest absolute Gasteiger partial charge is 0.506 e. The second kappa shape index (κ2) is 5.12. The van der Waals surface area contributed by atoms with Crippen LogP contribution in [0.3, 0.4) is 0 Å². The zero-order chi connectivity index (χ0) is 13.3. The SMILES string of the molecule is C=CC(=O)Oc1c(Br)c(Br)c(O)c2ccccc12. The third-order valence-corrected chi connectivity index (χ3v) is 4.46. The summed E-state index contributed by atoms with van der Waals surface area (Å²) in [4.78, 5) is 11.3. The van der Waals surface area contributed by atoms with Crippen LogP contribution in [0.2, 0.25) is 0 Å². The first-order valence-corrected chi connectivity index (χ1v) is 6.57. The highest BCUT2D eigenvalue weighted by molar-refractivity contribution is 9.13. The third kappa shape index (κ3) is 2.15. The molecular weight excluding hydrogens is 364 g/mol. The molecular formula is C13H8Br2O3. The molecule has 0 unspecified atom stereocenters. The number of phenolic OH excluding ortho intramolecular Hbond substituents is 1. The first-order valence-electron chi connectivity index (χ1n) is 4.99. The monoisotopic (exact) mass is 370 g/mol. The van der Waals surface area contributed by atoms with Gasteiger partial charge in [-0.05, 0) is 31.9 Å². The van der Waals surface area contributed by atoms with Gasteiger partial charge in [0.05, 0.1) is 8.95 Å². The van der Waals surface area contributed by atoms with Crippen LogP contribution in [-0.2, 0) is 4.79 Å². The second-order valence-electron chi connectivity index (χ2n) is 3.48. The minimum atomic E-state index is -0.557. The zero-order valence-corrected chi connectivity index (χ0v) is 12.3. The molecule has 0 amide bonds. The molecule has 0 aliphatic heterocycles. The first kappa shape index (κ1) is 13.1. The number of benzene rings is 2. The van der Waals surface area contributed by atoms with Crippen LogP contribution in [0, 0.1) is 0 Å². The lowest BCUT2D eigenvalue weighted by Crippen LogP contribution is -2.04. The molecule has 0 spiro atoms. The number of esters is 1. The Morgan fingerprint density at radius 3 is 2.44 bits per heavy atom. The molecule has 1 N–H and O–H groups in total. The summed E-state index contributed by atoms with van der Waals surface area (Å²) in [5.74, 6) is -0.116. The molecule has 0 saturated heterocycles. The number of aromatic hydroxyl groups is 1. The molecule has 0 aromatic heterocycles. The highest BCUT2D eigenvalue weighted by Crippen LogP contribution is 2.46.